The van der Waals surface area contributed by atoms with Gasteiger partial charge in [0.05, 0.1) is 12.3 Å². The van der Waals surface area contributed by atoms with Crippen LogP contribution in [0.1, 0.15) is 42.5 Å². The van der Waals surface area contributed by atoms with Gasteiger partial charge in [0.2, 0.25) is 0 Å². The molecule has 0 bridgehead atoms. The Morgan fingerprint density at radius 1 is 1.47 bits per heavy atom. The van der Waals surface area contributed by atoms with E-state index >= 15 is 0 Å². The van der Waals surface area contributed by atoms with Crippen molar-refractivity contribution in [2.45, 2.75) is 33.2 Å². The van der Waals surface area contributed by atoms with Crippen molar-refractivity contribution in [3.05, 3.63) is 11.4 Å². The van der Waals surface area contributed by atoms with Gasteiger partial charge < -0.3 is 10.5 Å². The molecular formula is C10H16N4O3. The summed E-state index contributed by atoms with van der Waals surface area (Å²) >= 11 is 0. The van der Waals surface area contributed by atoms with E-state index in [4.69, 9.17) is 10.5 Å². The van der Waals surface area contributed by atoms with Gasteiger partial charge in [-0.3, -0.25) is 4.79 Å². The topological polar surface area (TPSA) is 100 Å². The molecule has 1 rings (SSSR count). The maximum Gasteiger partial charge on any atom is 0.330 e. The van der Waals surface area contributed by atoms with Crippen molar-refractivity contribution < 1.29 is 14.3 Å². The number of nitrogens with two attached hydrogens (primary N) is 1. The molecule has 7 heteroatoms. The molecule has 1 aromatic heterocycles. The molecule has 7 nitrogen and oxygen atoms in total. The molecule has 1 heterocycles. The third-order valence-corrected chi connectivity index (χ3v) is 2.40. The number of hydrogen-bond donors (Lipinski definition) is 1. The van der Waals surface area contributed by atoms with Crippen LogP contribution < -0.4 is 5.73 Å². The standard InChI is InChI=1S/C10H16N4O3/c1-4-7(10(16)17-5-2)14-6(3)8(9(11)15)12-13-14/h7H,4-5H2,1-3H3,(H2,11,15). The zero-order valence-electron chi connectivity index (χ0n) is 10.1. The Kier molecular flexibility index (Phi) is 4.19. The lowest BCUT2D eigenvalue weighted by Crippen LogP contribution is -2.24. The second kappa shape index (κ2) is 5.42. The van der Waals surface area contributed by atoms with Crippen molar-refractivity contribution in [3.8, 4) is 0 Å². The average molecular weight is 240 g/mol. The molecular weight excluding hydrogens is 224 g/mol. The van der Waals surface area contributed by atoms with E-state index in [1.807, 2.05) is 6.92 Å². The number of primary amides is 1. The molecule has 1 amide bonds. The van der Waals surface area contributed by atoms with Crippen molar-refractivity contribution in [2.75, 3.05) is 6.61 Å². The molecule has 0 aliphatic rings. The van der Waals surface area contributed by atoms with E-state index in [-0.39, 0.29) is 11.7 Å². The summed E-state index contributed by atoms with van der Waals surface area (Å²) in [5.41, 5.74) is 5.68. The second-order valence-corrected chi connectivity index (χ2v) is 3.51. The maximum atomic E-state index is 11.7. The van der Waals surface area contributed by atoms with Gasteiger partial charge in [0.25, 0.3) is 5.91 Å². The minimum absolute atomic E-state index is 0.0766. The van der Waals surface area contributed by atoms with Gasteiger partial charge in [0, 0.05) is 0 Å². The summed E-state index contributed by atoms with van der Waals surface area (Å²) < 4.78 is 6.30. The molecule has 0 radical (unpaired) electrons. The number of esters is 1. The lowest BCUT2D eigenvalue weighted by Gasteiger charge is -2.14. The monoisotopic (exact) mass is 240 g/mol. The minimum Gasteiger partial charge on any atom is -0.464 e. The number of hydrogen-bond acceptors (Lipinski definition) is 5. The molecule has 1 unspecified atom stereocenters. The fraction of sp³-hybridized carbons (Fsp3) is 0.600. The van der Waals surface area contributed by atoms with Gasteiger partial charge in [-0.25, -0.2) is 9.48 Å². The van der Waals surface area contributed by atoms with Crippen LogP contribution in [0.4, 0.5) is 0 Å². The summed E-state index contributed by atoms with van der Waals surface area (Å²) in [6.07, 6.45) is 0.501. The Balaban J connectivity index is 3.05. The molecule has 2 N–H and O–H groups in total. The zero-order chi connectivity index (χ0) is 13.0. The van der Waals surface area contributed by atoms with Crippen molar-refractivity contribution >= 4 is 11.9 Å². The highest BCUT2D eigenvalue weighted by atomic mass is 16.5. The Morgan fingerprint density at radius 3 is 2.53 bits per heavy atom. The lowest BCUT2D eigenvalue weighted by atomic mass is 10.2. The van der Waals surface area contributed by atoms with Crippen LogP contribution in [0.25, 0.3) is 0 Å². The van der Waals surface area contributed by atoms with Crippen LogP contribution in [0.3, 0.4) is 0 Å². The van der Waals surface area contributed by atoms with Crippen LogP contribution in [-0.2, 0) is 9.53 Å². The number of carbonyl (C=O) groups is 2. The predicted octanol–water partition coefficient (Wildman–Crippen LogP) is 0.200. The van der Waals surface area contributed by atoms with Crippen LogP contribution in [0, 0.1) is 6.92 Å². The van der Waals surface area contributed by atoms with E-state index < -0.39 is 11.9 Å². The quantitative estimate of drug-likeness (QED) is 0.741. The lowest BCUT2D eigenvalue weighted by molar-refractivity contribution is -0.147. The van der Waals surface area contributed by atoms with Gasteiger partial charge in [-0.05, 0) is 20.3 Å². The van der Waals surface area contributed by atoms with E-state index in [1.54, 1.807) is 13.8 Å². The van der Waals surface area contributed by atoms with Gasteiger partial charge >= 0.3 is 5.97 Å². The number of aromatic nitrogens is 3. The fourth-order valence-corrected chi connectivity index (χ4v) is 1.54. The summed E-state index contributed by atoms with van der Waals surface area (Å²) in [5.74, 6) is -1.05. The fourth-order valence-electron chi connectivity index (χ4n) is 1.54. The predicted molar refractivity (Wildman–Crippen MR) is 59.2 cm³/mol. The molecule has 0 spiro atoms. The molecule has 0 aliphatic heterocycles. The Bertz CT molecular complexity index is 427. The van der Waals surface area contributed by atoms with Gasteiger partial charge in [-0.15, -0.1) is 5.10 Å². The third kappa shape index (κ3) is 2.61. The zero-order valence-corrected chi connectivity index (χ0v) is 10.1. The molecule has 1 atom stereocenters. The number of amides is 1. The van der Waals surface area contributed by atoms with Crippen LogP contribution in [0.15, 0.2) is 0 Å². The number of nitrogens with zero attached hydrogens (tertiary/aromatic N) is 3. The van der Waals surface area contributed by atoms with Crippen molar-refractivity contribution in [1.29, 1.82) is 0 Å². The minimum atomic E-state index is -0.660. The molecule has 0 saturated heterocycles. The van der Waals surface area contributed by atoms with Gasteiger partial charge in [0.1, 0.15) is 0 Å². The van der Waals surface area contributed by atoms with Crippen LogP contribution in [-0.4, -0.2) is 33.5 Å². The van der Waals surface area contributed by atoms with E-state index in [9.17, 15) is 9.59 Å². The van der Waals surface area contributed by atoms with Gasteiger partial charge in [-0.1, -0.05) is 12.1 Å². The SMILES string of the molecule is CCOC(=O)C(CC)n1nnc(C(N)=O)c1C. The smallest absolute Gasteiger partial charge is 0.330 e. The molecule has 0 fully saturated rings. The first-order valence-corrected chi connectivity index (χ1v) is 5.41. The molecule has 1 aromatic rings. The first-order chi connectivity index (χ1) is 8.02. The maximum absolute atomic E-state index is 11.7. The number of rotatable bonds is 5. The number of carbonyl (C=O) groups excluding carboxylic acids is 2. The first-order valence-electron chi connectivity index (χ1n) is 5.41. The van der Waals surface area contributed by atoms with Crippen molar-refractivity contribution in [1.82, 2.24) is 15.0 Å². The van der Waals surface area contributed by atoms with Crippen molar-refractivity contribution in [3.63, 3.8) is 0 Å². The summed E-state index contributed by atoms with van der Waals surface area (Å²) in [4.78, 5) is 22.7. The Labute approximate surface area is 98.9 Å². The van der Waals surface area contributed by atoms with E-state index in [0.717, 1.165) is 0 Å². The van der Waals surface area contributed by atoms with Crippen LogP contribution in [0.2, 0.25) is 0 Å². The van der Waals surface area contributed by atoms with Gasteiger partial charge in [-0.2, -0.15) is 0 Å². The second-order valence-electron chi connectivity index (χ2n) is 3.51. The van der Waals surface area contributed by atoms with Crippen molar-refractivity contribution in [2.24, 2.45) is 5.73 Å². The summed E-state index contributed by atoms with van der Waals surface area (Å²) in [6, 6.07) is -0.574. The Hall–Kier alpha value is -1.92. The molecule has 0 saturated carbocycles. The third-order valence-electron chi connectivity index (χ3n) is 2.40. The largest absolute Gasteiger partial charge is 0.464 e. The van der Waals surface area contributed by atoms with E-state index in [2.05, 4.69) is 10.3 Å². The normalized spacial score (nSPS) is 12.2. The summed E-state index contributed by atoms with van der Waals surface area (Å²) in [6.45, 7) is 5.49. The van der Waals surface area contributed by atoms with E-state index in [0.29, 0.717) is 18.7 Å². The highest BCUT2D eigenvalue weighted by molar-refractivity contribution is 5.91. The number of ether oxygens (including phenoxy) is 1. The molecule has 94 valence electrons. The molecule has 17 heavy (non-hydrogen) atoms. The summed E-state index contributed by atoms with van der Waals surface area (Å²) in [5, 5.41) is 7.43. The van der Waals surface area contributed by atoms with E-state index in [1.165, 1.54) is 4.68 Å². The average Bonchev–Trinajstić information content (AvgIpc) is 2.62. The highest BCUT2D eigenvalue weighted by Crippen LogP contribution is 2.16. The Morgan fingerprint density at radius 2 is 2.12 bits per heavy atom. The molecule has 0 aliphatic carbocycles. The van der Waals surface area contributed by atoms with Gasteiger partial charge in [0.15, 0.2) is 11.7 Å². The summed E-state index contributed by atoms with van der Waals surface area (Å²) in [7, 11) is 0. The van der Waals surface area contributed by atoms with Crippen LogP contribution >= 0.6 is 0 Å². The molecule has 0 aromatic carbocycles. The van der Waals surface area contributed by atoms with Crippen LogP contribution in [0.5, 0.6) is 0 Å². The highest BCUT2D eigenvalue weighted by Gasteiger charge is 2.25. The first kappa shape index (κ1) is 13.1.